The largest absolute Gasteiger partial charge is 0.466 e. The maximum absolute atomic E-state index is 13.8. The van der Waals surface area contributed by atoms with Crippen molar-refractivity contribution in [3.63, 3.8) is 0 Å². The highest BCUT2D eigenvalue weighted by molar-refractivity contribution is 6.30. The van der Waals surface area contributed by atoms with Gasteiger partial charge in [-0.1, -0.05) is 43.1 Å². The lowest BCUT2D eigenvalue weighted by Crippen LogP contribution is -2.58. The monoisotopic (exact) mass is 503 g/mol. The molecule has 35 heavy (non-hydrogen) atoms. The molecule has 4 aliphatic rings. The van der Waals surface area contributed by atoms with E-state index in [0.717, 1.165) is 50.5 Å². The fourth-order valence-corrected chi connectivity index (χ4v) is 9.14. The Morgan fingerprint density at radius 3 is 2.66 bits per heavy atom. The number of fused-ring (bicyclic) bond motifs is 3. The number of ether oxygens (including phenoxy) is 1. The Labute approximate surface area is 214 Å². The fraction of sp³-hybridized carbons (Fsp3) is 0.724. The van der Waals surface area contributed by atoms with Crippen LogP contribution in [0.3, 0.4) is 0 Å². The number of esters is 1. The summed E-state index contributed by atoms with van der Waals surface area (Å²) in [5, 5.41) is 4.78. The second kappa shape index (κ2) is 8.75. The number of rotatable bonds is 5. The minimum atomic E-state index is -0.432. The topological polar surface area (TPSA) is 47.9 Å². The summed E-state index contributed by atoms with van der Waals surface area (Å²) in [6, 6.07) is 4.75. The summed E-state index contributed by atoms with van der Waals surface area (Å²) < 4.78 is 19.4. The molecule has 0 aliphatic heterocycles. The molecule has 0 saturated heterocycles. The van der Waals surface area contributed by atoms with Gasteiger partial charge in [0, 0.05) is 5.41 Å². The molecule has 192 valence electrons. The molecular weight excluding hydrogens is 465 g/mol. The number of benzene rings is 1. The van der Waals surface area contributed by atoms with Crippen LogP contribution in [0.1, 0.15) is 91.0 Å². The van der Waals surface area contributed by atoms with Gasteiger partial charge in [-0.3, -0.25) is 4.79 Å². The number of oxime groups is 1. The van der Waals surface area contributed by atoms with Gasteiger partial charge >= 0.3 is 5.97 Å². The number of halogens is 2. The van der Waals surface area contributed by atoms with Crippen molar-refractivity contribution >= 4 is 23.3 Å². The predicted octanol–water partition coefficient (Wildman–Crippen LogP) is 7.72. The van der Waals surface area contributed by atoms with Crippen molar-refractivity contribution < 1.29 is 18.8 Å². The van der Waals surface area contributed by atoms with E-state index in [4.69, 9.17) is 21.2 Å². The molecular formula is C29H39ClFNO3. The first kappa shape index (κ1) is 25.0. The Morgan fingerprint density at radius 1 is 1.14 bits per heavy atom. The second-order valence-corrected chi connectivity index (χ2v) is 12.9. The quantitative estimate of drug-likeness (QED) is 0.305. The number of hydrogen-bond donors (Lipinski definition) is 0. The molecule has 4 aliphatic carbocycles. The van der Waals surface area contributed by atoms with Crippen molar-refractivity contribution in [3.8, 4) is 0 Å². The lowest BCUT2D eigenvalue weighted by atomic mass is 9.40. The van der Waals surface area contributed by atoms with Crippen LogP contribution in [-0.4, -0.2) is 18.3 Å². The average molecular weight is 504 g/mol. The number of nitrogens with zero attached hydrogens (tertiary/aromatic N) is 1. The van der Waals surface area contributed by atoms with Gasteiger partial charge in [0.25, 0.3) is 0 Å². The van der Waals surface area contributed by atoms with Gasteiger partial charge in [0.05, 0.1) is 22.8 Å². The molecule has 1 aromatic rings. The van der Waals surface area contributed by atoms with E-state index in [0.29, 0.717) is 18.4 Å². The first-order chi connectivity index (χ1) is 16.6. The van der Waals surface area contributed by atoms with Gasteiger partial charge in [0.15, 0.2) is 0 Å². The van der Waals surface area contributed by atoms with Crippen molar-refractivity contribution in [2.45, 2.75) is 92.1 Å². The minimum Gasteiger partial charge on any atom is -0.466 e. The van der Waals surface area contributed by atoms with Crippen molar-refractivity contribution in [1.82, 2.24) is 0 Å². The zero-order chi connectivity index (χ0) is 25.1. The number of carbonyl (C=O) groups excluding carboxylic acids is 1. The smallest absolute Gasteiger partial charge is 0.312 e. The minimum absolute atomic E-state index is 0.00762. The SMILES string of the molecule is CCOC(=O)[C@]1(C)CCC[C@@]2(C)[C@@H]3CC[C@@]4(C)C[C@]3(CC[C@@H]21)C/C4=N\OCc1ccc(Cl)c(F)c1. The van der Waals surface area contributed by atoms with Gasteiger partial charge in [-0.15, -0.1) is 0 Å². The standard InChI is InChI=1S/C29H39ClFNO3/c1-5-34-25(33)28(4)12-6-11-27(3)22(28)10-14-29-16-24(26(2,18-29)13-9-23(27)29)32-35-17-19-7-8-20(30)21(31)15-19/h7-8,15,22-23H,5-6,9-14,16-18H2,1-4H3/b32-24+/t22-,23-,26-,27+,28+,29-/m0/s1. The number of carbonyl (C=O) groups is 1. The third kappa shape index (κ3) is 3.91. The highest BCUT2D eigenvalue weighted by Gasteiger charge is 2.67. The third-order valence-corrected chi connectivity index (χ3v) is 10.8. The molecule has 0 radical (unpaired) electrons. The number of hydrogen-bond acceptors (Lipinski definition) is 4. The van der Waals surface area contributed by atoms with E-state index in [9.17, 15) is 9.18 Å². The Hall–Kier alpha value is -1.62. The lowest BCUT2D eigenvalue weighted by Gasteiger charge is -2.64. The Balaban J connectivity index is 1.37. The summed E-state index contributed by atoms with van der Waals surface area (Å²) >= 11 is 5.80. The molecule has 5 rings (SSSR count). The maximum atomic E-state index is 13.8. The second-order valence-electron chi connectivity index (χ2n) is 12.5. The average Bonchev–Trinajstić information content (AvgIpc) is 3.00. The lowest BCUT2D eigenvalue weighted by molar-refractivity contribution is -0.187. The summed E-state index contributed by atoms with van der Waals surface area (Å²) in [4.78, 5) is 18.9. The van der Waals surface area contributed by atoms with E-state index in [1.807, 2.05) is 6.92 Å². The van der Waals surface area contributed by atoms with Crippen LogP contribution in [0.25, 0.3) is 0 Å². The zero-order valence-corrected chi connectivity index (χ0v) is 22.3. The van der Waals surface area contributed by atoms with Crippen LogP contribution >= 0.6 is 11.6 Å². The summed E-state index contributed by atoms with van der Waals surface area (Å²) in [5.41, 5.74) is 1.96. The molecule has 4 fully saturated rings. The van der Waals surface area contributed by atoms with Crippen LogP contribution in [0.2, 0.25) is 5.02 Å². The van der Waals surface area contributed by atoms with E-state index in [-0.39, 0.29) is 39.3 Å². The van der Waals surface area contributed by atoms with Gasteiger partial charge in [0.2, 0.25) is 0 Å². The van der Waals surface area contributed by atoms with Crippen LogP contribution in [0.5, 0.6) is 0 Å². The summed E-state index contributed by atoms with van der Waals surface area (Å²) in [5.74, 6) is 0.542. The van der Waals surface area contributed by atoms with Crippen LogP contribution in [0.4, 0.5) is 4.39 Å². The van der Waals surface area contributed by atoms with Crippen LogP contribution in [0, 0.1) is 39.3 Å². The summed E-state index contributed by atoms with van der Waals surface area (Å²) in [7, 11) is 0. The molecule has 1 aromatic carbocycles. The van der Waals surface area contributed by atoms with E-state index in [1.165, 1.54) is 24.6 Å². The fourth-order valence-electron chi connectivity index (χ4n) is 9.02. The maximum Gasteiger partial charge on any atom is 0.312 e. The molecule has 4 nitrogen and oxygen atoms in total. The first-order valence-corrected chi connectivity index (χ1v) is 13.7. The van der Waals surface area contributed by atoms with E-state index < -0.39 is 5.82 Å². The molecule has 1 spiro atoms. The molecule has 0 amide bonds. The third-order valence-electron chi connectivity index (χ3n) is 10.5. The van der Waals surface area contributed by atoms with Gasteiger partial charge < -0.3 is 9.57 Å². The van der Waals surface area contributed by atoms with E-state index in [1.54, 1.807) is 12.1 Å². The first-order valence-electron chi connectivity index (χ1n) is 13.4. The zero-order valence-electron chi connectivity index (χ0n) is 21.6. The van der Waals surface area contributed by atoms with Crippen LogP contribution < -0.4 is 0 Å². The van der Waals surface area contributed by atoms with Gasteiger partial charge in [-0.05, 0) is 106 Å². The predicted molar refractivity (Wildman–Crippen MR) is 136 cm³/mol. The van der Waals surface area contributed by atoms with Crippen molar-refractivity contribution in [1.29, 1.82) is 0 Å². The molecule has 0 N–H and O–H groups in total. The van der Waals surface area contributed by atoms with Crippen LogP contribution in [0.15, 0.2) is 23.4 Å². The molecule has 0 heterocycles. The van der Waals surface area contributed by atoms with Crippen molar-refractivity contribution in [2.24, 2.45) is 38.7 Å². The van der Waals surface area contributed by atoms with E-state index >= 15 is 0 Å². The highest BCUT2D eigenvalue weighted by atomic mass is 35.5. The molecule has 4 saturated carbocycles. The molecule has 0 aromatic heterocycles. The molecule has 6 heteroatoms. The summed E-state index contributed by atoms with van der Waals surface area (Å²) in [6.45, 7) is 9.59. The molecule has 6 atom stereocenters. The normalized spacial score (nSPS) is 41.3. The molecule has 0 unspecified atom stereocenters. The summed E-state index contributed by atoms with van der Waals surface area (Å²) in [6.07, 6.45) is 9.87. The van der Waals surface area contributed by atoms with Gasteiger partial charge in [-0.2, -0.15) is 0 Å². The van der Waals surface area contributed by atoms with Gasteiger partial charge in [0.1, 0.15) is 12.4 Å². The Bertz CT molecular complexity index is 1040. The Kier molecular flexibility index (Phi) is 6.26. The molecule has 2 bridgehead atoms. The highest BCUT2D eigenvalue weighted by Crippen LogP contribution is 2.73. The van der Waals surface area contributed by atoms with Gasteiger partial charge in [-0.25, -0.2) is 4.39 Å². The van der Waals surface area contributed by atoms with Crippen LogP contribution in [-0.2, 0) is 21.0 Å². The van der Waals surface area contributed by atoms with E-state index in [2.05, 4.69) is 25.9 Å². The van der Waals surface area contributed by atoms with Crippen molar-refractivity contribution in [3.05, 3.63) is 34.6 Å². The van der Waals surface area contributed by atoms with Crippen molar-refractivity contribution in [2.75, 3.05) is 6.61 Å². The Morgan fingerprint density at radius 2 is 1.91 bits per heavy atom.